The molecule has 0 N–H and O–H groups in total. The van der Waals surface area contributed by atoms with Gasteiger partial charge in [-0.3, -0.25) is 9.78 Å². The fourth-order valence-corrected chi connectivity index (χ4v) is 3.34. The molecule has 0 bridgehead atoms. The predicted octanol–water partition coefficient (Wildman–Crippen LogP) is 5.62. The van der Waals surface area contributed by atoms with Crippen molar-refractivity contribution >= 4 is 11.9 Å². The number of benzene rings is 2. The molecule has 2 aromatic carbocycles. The van der Waals surface area contributed by atoms with E-state index < -0.39 is 30.1 Å². The molecule has 0 heterocycles. The number of carbonyl (C=O) groups is 2. The first-order valence-electron chi connectivity index (χ1n) is 11.5. The van der Waals surface area contributed by atoms with Crippen LogP contribution >= 0.6 is 0 Å². The molecule has 0 aromatic heterocycles. The summed E-state index contributed by atoms with van der Waals surface area (Å²) >= 11 is 0. The van der Waals surface area contributed by atoms with Crippen LogP contribution in [0.3, 0.4) is 0 Å². The van der Waals surface area contributed by atoms with Crippen LogP contribution in [0.25, 0.3) is 0 Å². The van der Waals surface area contributed by atoms with Crippen LogP contribution in [0.5, 0.6) is 11.5 Å². The van der Waals surface area contributed by atoms with Gasteiger partial charge in [0.15, 0.2) is 6.61 Å². The third-order valence-electron chi connectivity index (χ3n) is 5.55. The van der Waals surface area contributed by atoms with Gasteiger partial charge >= 0.3 is 11.9 Å². The Bertz CT molecular complexity index is 856. The lowest BCUT2D eigenvalue weighted by molar-refractivity contribution is -0.601. The number of carbonyl (C=O) groups excluding carboxylic acids is 2. The number of hydrogen-bond acceptors (Lipinski definition) is 8. The van der Waals surface area contributed by atoms with E-state index in [0.29, 0.717) is 23.8 Å². The molecule has 0 radical (unpaired) electrons. The van der Waals surface area contributed by atoms with E-state index in [4.69, 9.17) is 14.4 Å². The zero-order valence-electron chi connectivity index (χ0n) is 20.2. The number of rotatable bonds is 15. The topological polar surface area (TPSA) is 89.5 Å². The second kappa shape index (κ2) is 14.2. The van der Waals surface area contributed by atoms with Gasteiger partial charge in [0.25, 0.3) is 0 Å². The summed E-state index contributed by atoms with van der Waals surface area (Å²) in [5.41, 5.74) is -0.522. The monoisotopic (exact) mass is 474 g/mol. The minimum atomic E-state index is -0.965. The summed E-state index contributed by atoms with van der Waals surface area (Å²) in [6.07, 6.45) is 2.42. The minimum Gasteiger partial charge on any atom is -0.482 e. The molecule has 2 rings (SSSR count). The standard InChI is InChI=1S/C26H34O8/c1-5-26(4,18-12-13-20(2)3)24(30-22-16-10-7-11-17-22)25(28)32-34-33-31-23(27)19-29-21-14-8-6-9-15-21/h6-11,14-17,20,24H,5,12-13,18-19H2,1-4H3. The normalized spacial score (nSPS) is 13.6. The van der Waals surface area contributed by atoms with Crippen LogP contribution in [0.15, 0.2) is 60.7 Å². The average molecular weight is 475 g/mol. The predicted molar refractivity (Wildman–Crippen MR) is 124 cm³/mol. The Morgan fingerprint density at radius 2 is 1.47 bits per heavy atom. The van der Waals surface area contributed by atoms with E-state index >= 15 is 0 Å². The van der Waals surface area contributed by atoms with Crippen molar-refractivity contribution in [1.29, 1.82) is 0 Å². The Morgan fingerprint density at radius 3 is 2.06 bits per heavy atom. The number of para-hydroxylation sites is 2. The van der Waals surface area contributed by atoms with Crippen LogP contribution in [-0.4, -0.2) is 24.6 Å². The second-order valence-electron chi connectivity index (χ2n) is 8.70. The van der Waals surface area contributed by atoms with Crippen molar-refractivity contribution in [2.75, 3.05) is 6.61 Å². The van der Waals surface area contributed by atoms with Gasteiger partial charge in [-0.25, -0.2) is 9.59 Å². The highest BCUT2D eigenvalue weighted by atomic mass is 17.7. The Hall–Kier alpha value is -3.10. The van der Waals surface area contributed by atoms with Gasteiger partial charge in [-0.05, 0) is 43.0 Å². The Balaban J connectivity index is 1.90. The first kappa shape index (κ1) is 27.1. The van der Waals surface area contributed by atoms with Crippen molar-refractivity contribution in [3.8, 4) is 11.5 Å². The molecule has 0 aliphatic heterocycles. The van der Waals surface area contributed by atoms with Gasteiger partial charge in [0.2, 0.25) is 6.10 Å². The van der Waals surface area contributed by atoms with Crippen molar-refractivity contribution in [3.05, 3.63) is 60.7 Å². The molecule has 0 saturated carbocycles. The van der Waals surface area contributed by atoms with Crippen molar-refractivity contribution in [2.24, 2.45) is 11.3 Å². The van der Waals surface area contributed by atoms with E-state index in [9.17, 15) is 9.59 Å². The summed E-state index contributed by atoms with van der Waals surface area (Å²) in [6, 6.07) is 17.7. The summed E-state index contributed by atoms with van der Waals surface area (Å²) in [5.74, 6) is -0.0975. The molecule has 2 aromatic rings. The summed E-state index contributed by atoms with van der Waals surface area (Å²) in [5, 5.41) is 8.68. The summed E-state index contributed by atoms with van der Waals surface area (Å²) in [4.78, 5) is 33.8. The lowest BCUT2D eigenvalue weighted by atomic mass is 9.76. The third kappa shape index (κ3) is 9.41. The number of ether oxygens (including phenoxy) is 2. The molecule has 8 nitrogen and oxygen atoms in total. The van der Waals surface area contributed by atoms with Crippen molar-refractivity contribution in [1.82, 2.24) is 0 Å². The molecule has 34 heavy (non-hydrogen) atoms. The fraction of sp³-hybridized carbons (Fsp3) is 0.462. The quantitative estimate of drug-likeness (QED) is 0.187. The second-order valence-corrected chi connectivity index (χ2v) is 8.70. The molecule has 186 valence electrons. The van der Waals surface area contributed by atoms with E-state index in [-0.39, 0.29) is 0 Å². The Kier molecular flexibility index (Phi) is 11.4. The molecule has 2 atom stereocenters. The molecule has 8 heteroatoms. The van der Waals surface area contributed by atoms with Crippen molar-refractivity contribution in [2.45, 2.75) is 59.5 Å². The van der Waals surface area contributed by atoms with Crippen LogP contribution in [0.1, 0.15) is 53.4 Å². The van der Waals surface area contributed by atoms with E-state index in [2.05, 4.69) is 28.8 Å². The van der Waals surface area contributed by atoms with E-state index in [0.717, 1.165) is 19.3 Å². The fourth-order valence-electron chi connectivity index (χ4n) is 3.34. The number of hydrogen-bond donors (Lipinski definition) is 0. The highest BCUT2D eigenvalue weighted by Gasteiger charge is 2.41. The lowest BCUT2D eigenvalue weighted by Gasteiger charge is -2.35. The lowest BCUT2D eigenvalue weighted by Crippen LogP contribution is -2.44. The molecule has 0 aliphatic carbocycles. The van der Waals surface area contributed by atoms with Crippen LogP contribution in [0, 0.1) is 11.3 Å². The van der Waals surface area contributed by atoms with E-state index in [1.165, 1.54) is 0 Å². The van der Waals surface area contributed by atoms with Gasteiger partial charge in [0.1, 0.15) is 11.5 Å². The van der Waals surface area contributed by atoms with Gasteiger partial charge in [-0.15, -0.1) is 0 Å². The Morgan fingerprint density at radius 1 is 0.882 bits per heavy atom. The summed E-state index contributed by atoms with van der Waals surface area (Å²) in [7, 11) is 0. The first-order chi connectivity index (χ1) is 16.3. The maximum Gasteiger partial charge on any atom is 0.386 e. The molecule has 0 spiro atoms. The van der Waals surface area contributed by atoms with Gasteiger partial charge in [0, 0.05) is 15.5 Å². The highest BCUT2D eigenvalue weighted by molar-refractivity contribution is 5.75. The third-order valence-corrected chi connectivity index (χ3v) is 5.55. The highest BCUT2D eigenvalue weighted by Crippen LogP contribution is 2.36. The Labute approximate surface area is 200 Å². The summed E-state index contributed by atoms with van der Waals surface area (Å²) in [6.45, 7) is 7.88. The molecule has 0 amide bonds. The van der Waals surface area contributed by atoms with Gasteiger partial charge < -0.3 is 9.47 Å². The van der Waals surface area contributed by atoms with E-state index in [1.807, 2.05) is 38.1 Å². The molecule has 0 saturated heterocycles. The van der Waals surface area contributed by atoms with Crippen LogP contribution in [-0.2, 0) is 29.4 Å². The smallest absolute Gasteiger partial charge is 0.386 e. The van der Waals surface area contributed by atoms with Crippen molar-refractivity contribution < 1.29 is 38.9 Å². The zero-order chi connectivity index (χ0) is 24.8. The van der Waals surface area contributed by atoms with Crippen LogP contribution < -0.4 is 9.47 Å². The summed E-state index contributed by atoms with van der Waals surface area (Å²) < 4.78 is 11.2. The first-order valence-corrected chi connectivity index (χ1v) is 11.5. The molecule has 0 aliphatic rings. The zero-order valence-corrected chi connectivity index (χ0v) is 20.2. The molecule has 2 unspecified atom stereocenters. The molecular weight excluding hydrogens is 440 g/mol. The van der Waals surface area contributed by atoms with Crippen LogP contribution in [0.2, 0.25) is 0 Å². The molecule has 0 fully saturated rings. The van der Waals surface area contributed by atoms with Gasteiger partial charge in [-0.1, -0.05) is 76.9 Å². The van der Waals surface area contributed by atoms with Gasteiger partial charge in [-0.2, -0.15) is 0 Å². The largest absolute Gasteiger partial charge is 0.482 e. The van der Waals surface area contributed by atoms with Crippen LogP contribution in [0.4, 0.5) is 0 Å². The van der Waals surface area contributed by atoms with Crippen molar-refractivity contribution in [3.63, 3.8) is 0 Å². The maximum atomic E-state index is 12.9. The van der Waals surface area contributed by atoms with Gasteiger partial charge in [0.05, 0.1) is 0 Å². The molecular formula is C26H34O8. The SMILES string of the molecule is CCC(C)(CCCC(C)C)C(Oc1ccccc1)C(=O)OOOOC(=O)COc1ccccc1. The maximum absolute atomic E-state index is 12.9. The van der Waals surface area contributed by atoms with E-state index in [1.54, 1.807) is 36.4 Å². The minimum absolute atomic E-state index is 0.412. The average Bonchev–Trinajstić information content (AvgIpc) is 2.84.